The molecule has 0 unspecified atom stereocenters. The summed E-state index contributed by atoms with van der Waals surface area (Å²) in [5, 5.41) is 58.1. The van der Waals surface area contributed by atoms with Crippen molar-refractivity contribution in [2.24, 2.45) is 16.6 Å². The summed E-state index contributed by atoms with van der Waals surface area (Å²) in [6.45, 7) is 11.7. The zero-order valence-electron chi connectivity index (χ0n) is 35.5. The van der Waals surface area contributed by atoms with Crippen LogP contribution in [0.1, 0.15) is 41.5 Å². The number of allylic oxidation sites excluding steroid dienone is 2. The number of hydrogen-bond donors (Lipinski definition) is 9. The Morgan fingerprint density at radius 2 is 1.33 bits per heavy atom. The van der Waals surface area contributed by atoms with Gasteiger partial charge in [0.1, 0.15) is 67.3 Å². The lowest BCUT2D eigenvalue weighted by molar-refractivity contribution is -0.151. The molecular formula is C42H61ClN4O14. The van der Waals surface area contributed by atoms with Gasteiger partial charge in [-0.3, -0.25) is 14.4 Å². The van der Waals surface area contributed by atoms with E-state index in [1.807, 2.05) is 53.7 Å². The maximum atomic E-state index is 12.6. The van der Waals surface area contributed by atoms with Crippen molar-refractivity contribution in [2.45, 2.75) is 102 Å². The van der Waals surface area contributed by atoms with Gasteiger partial charge in [0.2, 0.25) is 5.91 Å². The van der Waals surface area contributed by atoms with Crippen molar-refractivity contribution in [3.05, 3.63) is 72.8 Å². The summed E-state index contributed by atoms with van der Waals surface area (Å²) < 4.78 is 25.6. The Labute approximate surface area is 361 Å². The Balaban J connectivity index is 0.000000347. The highest BCUT2D eigenvalue weighted by Crippen LogP contribution is 2.28. The van der Waals surface area contributed by atoms with E-state index >= 15 is 0 Å². The average Bonchev–Trinajstić information content (AvgIpc) is 3.28. The summed E-state index contributed by atoms with van der Waals surface area (Å²) in [4.78, 5) is 47.6. The van der Waals surface area contributed by atoms with E-state index in [0.29, 0.717) is 22.9 Å². The molecule has 2 aromatic carbocycles. The van der Waals surface area contributed by atoms with Gasteiger partial charge in [0.15, 0.2) is 18.3 Å². The fraction of sp³-hybridized carbons (Fsp3) is 0.524. The normalized spacial score (nSPS) is 23.6. The van der Waals surface area contributed by atoms with Crippen LogP contribution >= 0.6 is 12.4 Å². The molecule has 1 fully saturated rings. The topological polar surface area (TPSA) is 278 Å². The van der Waals surface area contributed by atoms with Gasteiger partial charge in [0.25, 0.3) is 11.8 Å². The van der Waals surface area contributed by atoms with Crippen LogP contribution in [0.25, 0.3) is 0 Å². The molecule has 0 radical (unpaired) electrons. The number of hydrogen-bond acceptors (Lipinski definition) is 15. The van der Waals surface area contributed by atoms with Crippen LogP contribution in [-0.2, 0) is 33.4 Å². The summed E-state index contributed by atoms with van der Waals surface area (Å²) in [5.74, 6) is -1.03. The molecule has 19 heteroatoms. The molecular weight excluding hydrogens is 820 g/mol. The van der Waals surface area contributed by atoms with E-state index in [2.05, 4.69) is 16.0 Å². The molecule has 0 bridgehead atoms. The van der Waals surface area contributed by atoms with Gasteiger partial charge in [-0.2, -0.15) is 0 Å². The minimum atomic E-state index is -1.73. The highest BCUT2D eigenvalue weighted by molar-refractivity contribution is 5.99. The predicted octanol–water partition coefficient (Wildman–Crippen LogP) is 1.22. The van der Waals surface area contributed by atoms with Gasteiger partial charge in [-0.05, 0) is 35.1 Å². The van der Waals surface area contributed by atoms with Gasteiger partial charge in [-0.15, -0.1) is 12.4 Å². The van der Waals surface area contributed by atoms with E-state index in [9.17, 15) is 44.7 Å². The third kappa shape index (κ3) is 16.0. The van der Waals surface area contributed by atoms with Crippen LogP contribution in [0.15, 0.2) is 72.8 Å². The van der Waals surface area contributed by atoms with Crippen LogP contribution in [-0.4, -0.2) is 138 Å². The van der Waals surface area contributed by atoms with Gasteiger partial charge in [0, 0.05) is 14.2 Å². The van der Waals surface area contributed by atoms with Crippen molar-refractivity contribution >= 4 is 47.5 Å². The number of rotatable bonds is 10. The first-order valence-corrected chi connectivity index (χ1v) is 19.2. The number of cyclic esters (lactones) is 1. The highest BCUT2D eigenvalue weighted by atomic mass is 35.5. The molecule has 2 aromatic rings. The number of aliphatic hydroxyl groups is 5. The van der Waals surface area contributed by atoms with Crippen molar-refractivity contribution in [1.82, 2.24) is 5.32 Å². The third-order valence-electron chi connectivity index (χ3n) is 8.91. The molecule has 0 aromatic heterocycles. The Hall–Kier alpha value is -4.63. The molecule has 3 heterocycles. The van der Waals surface area contributed by atoms with E-state index in [4.69, 9.17) is 29.4 Å². The molecule has 3 amide bonds. The molecule has 5 rings (SSSR count). The summed E-state index contributed by atoms with van der Waals surface area (Å²) >= 11 is 0. The molecule has 61 heavy (non-hydrogen) atoms. The summed E-state index contributed by atoms with van der Waals surface area (Å²) in [5.41, 5.74) is 6.35. The van der Waals surface area contributed by atoms with Crippen molar-refractivity contribution in [2.75, 3.05) is 38.1 Å². The fourth-order valence-corrected chi connectivity index (χ4v) is 5.57. The van der Waals surface area contributed by atoms with Gasteiger partial charge < -0.3 is 70.9 Å². The van der Waals surface area contributed by atoms with Crippen LogP contribution in [0.5, 0.6) is 11.5 Å². The average molecular weight is 881 g/mol. The van der Waals surface area contributed by atoms with Crippen molar-refractivity contribution in [3.8, 4) is 11.5 Å². The standard InChI is InChI=1S/C21H30N2O7.C12H20O5.C9H10N2O2.ClH/c1-21(2,3)10-9-14(24)16(25)17(26)18(29-4)20(28)23-13-11-30-15-8-6-5-7-12(15)22-19(13)27;1-12(2,3)6-5-7(13)9-8(14)10(16-4)11(15)17-9;10-6-5-13-8-4-2-1-3-7(8)11-9(6)12;/h5-10,13-14,16-18,24-26H,11H2,1-4H3,(H,22,27)(H,23,28);5-10,13-14H,1-4H3;1-4,6H,5,10H2,(H,11,12);1H/b10-9+;6-5+;;/t13-,14+,16-,17+,18+;7-,8-,9+,10-;6-;/m010./s1. The second-order valence-electron chi connectivity index (χ2n) is 16.4. The Morgan fingerprint density at radius 1 is 0.820 bits per heavy atom. The van der Waals surface area contributed by atoms with Crippen LogP contribution in [0.3, 0.4) is 0 Å². The molecule has 18 nitrogen and oxygen atoms in total. The van der Waals surface area contributed by atoms with E-state index < -0.39 is 78.7 Å². The number of aliphatic hydroxyl groups excluding tert-OH is 5. The lowest BCUT2D eigenvalue weighted by Gasteiger charge is -2.28. The maximum Gasteiger partial charge on any atom is 0.338 e. The number of anilines is 2. The smallest absolute Gasteiger partial charge is 0.338 e. The number of benzene rings is 2. The Kier molecular flexibility index (Phi) is 20.3. The molecule has 3 aliphatic heterocycles. The molecule has 1 saturated heterocycles. The molecule has 10 atom stereocenters. The van der Waals surface area contributed by atoms with E-state index in [1.54, 1.807) is 48.6 Å². The van der Waals surface area contributed by atoms with Crippen LogP contribution in [0.2, 0.25) is 0 Å². The number of para-hydroxylation sites is 4. The quantitative estimate of drug-likeness (QED) is 0.120. The van der Waals surface area contributed by atoms with Gasteiger partial charge in [-0.1, -0.05) is 90.1 Å². The van der Waals surface area contributed by atoms with Crippen LogP contribution < -0.4 is 31.2 Å². The number of carbonyl (C=O) groups excluding carboxylic acids is 4. The Morgan fingerprint density at radius 3 is 1.84 bits per heavy atom. The zero-order chi connectivity index (χ0) is 44.9. The number of nitrogens with one attached hydrogen (secondary N) is 3. The van der Waals surface area contributed by atoms with E-state index in [0.717, 1.165) is 0 Å². The first-order chi connectivity index (χ1) is 28.1. The molecule has 0 saturated carbocycles. The second-order valence-corrected chi connectivity index (χ2v) is 16.4. The third-order valence-corrected chi connectivity index (χ3v) is 8.91. The Bertz CT molecular complexity index is 1820. The van der Waals surface area contributed by atoms with Gasteiger partial charge >= 0.3 is 5.97 Å². The van der Waals surface area contributed by atoms with E-state index in [1.165, 1.54) is 26.4 Å². The number of nitrogens with two attached hydrogens (primary N) is 1. The van der Waals surface area contributed by atoms with E-state index in [-0.39, 0.29) is 42.4 Å². The number of esters is 1. The lowest BCUT2D eigenvalue weighted by atomic mass is 9.94. The highest BCUT2D eigenvalue weighted by Gasteiger charge is 2.47. The molecule has 0 spiro atoms. The van der Waals surface area contributed by atoms with Crippen molar-refractivity contribution in [3.63, 3.8) is 0 Å². The predicted molar refractivity (Wildman–Crippen MR) is 227 cm³/mol. The number of methoxy groups -OCH3 is 2. The van der Waals surface area contributed by atoms with Crippen molar-refractivity contribution < 1.29 is 68.4 Å². The fourth-order valence-electron chi connectivity index (χ4n) is 5.57. The van der Waals surface area contributed by atoms with Gasteiger partial charge in [0.05, 0.1) is 11.4 Å². The van der Waals surface area contributed by atoms with Crippen LogP contribution in [0.4, 0.5) is 11.4 Å². The molecule has 0 aliphatic carbocycles. The zero-order valence-corrected chi connectivity index (χ0v) is 36.3. The largest absolute Gasteiger partial charge is 0.489 e. The first-order valence-electron chi connectivity index (χ1n) is 19.2. The van der Waals surface area contributed by atoms with Crippen molar-refractivity contribution in [1.29, 1.82) is 0 Å². The molecule has 340 valence electrons. The number of amides is 3. The molecule has 3 aliphatic rings. The summed E-state index contributed by atoms with van der Waals surface area (Å²) in [6, 6.07) is 12.5. The summed E-state index contributed by atoms with van der Waals surface area (Å²) in [6.07, 6.45) is -4.14. The maximum absolute atomic E-state index is 12.6. The number of halogens is 1. The number of ether oxygens (including phenoxy) is 5. The minimum Gasteiger partial charge on any atom is -0.489 e. The monoisotopic (exact) mass is 880 g/mol. The SMILES string of the molecule is CO[C@@H](C(=O)N[C@H]1COc2ccccc2NC1=O)[C@H](O)[C@@H](O)[C@H](O)/C=C/C(C)(C)C.CO[C@H]1C(=O)O[C@@H]([C@H](O)/C=C/C(C)(C)C)[C@H]1O.Cl.N[C@H]1COc2ccccc2NC1=O. The molecule has 10 N–H and O–H groups in total. The number of fused-ring (bicyclic) bond motifs is 2. The van der Waals surface area contributed by atoms with Gasteiger partial charge in [-0.25, -0.2) is 4.79 Å². The number of carbonyl (C=O) groups is 4. The second kappa shape index (κ2) is 23.5. The lowest BCUT2D eigenvalue weighted by Crippen LogP contribution is -2.56. The first kappa shape index (κ1) is 52.5. The van der Waals surface area contributed by atoms with Crippen LogP contribution in [0, 0.1) is 10.8 Å². The minimum absolute atomic E-state index is 0. The summed E-state index contributed by atoms with van der Waals surface area (Å²) in [7, 11) is 2.49.